The van der Waals surface area contributed by atoms with Gasteiger partial charge >= 0.3 is 0 Å². The summed E-state index contributed by atoms with van der Waals surface area (Å²) in [5.41, 5.74) is 0. The lowest BCUT2D eigenvalue weighted by atomic mass is 10.2. The third-order valence-electron chi connectivity index (χ3n) is 2.26. The minimum Gasteiger partial charge on any atom is -0.312 e. The highest BCUT2D eigenvalue weighted by molar-refractivity contribution is 7.99. The Morgan fingerprint density at radius 1 is 1.67 bits per heavy atom. The van der Waals surface area contributed by atoms with Crippen LogP contribution in [0.4, 0.5) is 0 Å². The molecule has 0 spiro atoms. The monoisotopic (exact) mass is 205 g/mol. The van der Waals surface area contributed by atoms with E-state index in [1.807, 2.05) is 11.8 Å². The van der Waals surface area contributed by atoms with Crippen molar-refractivity contribution in [1.29, 1.82) is 0 Å². The Balaban J connectivity index is 2.05. The molecule has 12 heavy (non-hydrogen) atoms. The molecule has 0 amide bonds. The lowest BCUT2D eigenvalue weighted by Gasteiger charge is -2.23. The predicted molar refractivity (Wildman–Crippen MR) is 61.3 cm³/mol. The Hall–Kier alpha value is 0.660. The predicted octanol–water partition coefficient (Wildman–Crippen LogP) is 2.22. The second-order valence-electron chi connectivity index (χ2n) is 3.37. The van der Waals surface area contributed by atoms with E-state index in [1.54, 1.807) is 0 Å². The van der Waals surface area contributed by atoms with Gasteiger partial charge in [0.2, 0.25) is 0 Å². The van der Waals surface area contributed by atoms with Gasteiger partial charge in [0.25, 0.3) is 0 Å². The van der Waals surface area contributed by atoms with Gasteiger partial charge in [-0.2, -0.15) is 23.5 Å². The highest BCUT2D eigenvalue weighted by atomic mass is 32.2. The molecule has 1 fully saturated rings. The lowest BCUT2D eigenvalue weighted by Crippen LogP contribution is -2.37. The lowest BCUT2D eigenvalue weighted by molar-refractivity contribution is 0.511. The van der Waals surface area contributed by atoms with E-state index in [0.717, 1.165) is 11.3 Å². The van der Waals surface area contributed by atoms with Gasteiger partial charge in [-0.15, -0.1) is 0 Å². The highest BCUT2D eigenvalue weighted by Crippen LogP contribution is 2.17. The van der Waals surface area contributed by atoms with E-state index in [0.29, 0.717) is 0 Å². The van der Waals surface area contributed by atoms with Gasteiger partial charge < -0.3 is 5.32 Å². The SMILES string of the molecule is CSC(C)CNC1CCCSC1. The molecule has 1 N–H and O–H groups in total. The molecule has 1 heterocycles. The summed E-state index contributed by atoms with van der Waals surface area (Å²) in [5.74, 6) is 2.69. The minimum atomic E-state index is 0.761. The van der Waals surface area contributed by atoms with Crippen LogP contribution in [0.2, 0.25) is 0 Å². The van der Waals surface area contributed by atoms with E-state index in [1.165, 1.54) is 30.9 Å². The highest BCUT2D eigenvalue weighted by Gasteiger charge is 2.13. The average Bonchev–Trinajstić information content (AvgIpc) is 2.16. The maximum Gasteiger partial charge on any atom is 0.0158 e. The van der Waals surface area contributed by atoms with E-state index in [-0.39, 0.29) is 0 Å². The van der Waals surface area contributed by atoms with Crippen molar-refractivity contribution in [3.05, 3.63) is 0 Å². The van der Waals surface area contributed by atoms with Crippen LogP contribution in [0.3, 0.4) is 0 Å². The molecule has 0 aromatic rings. The number of hydrogen-bond acceptors (Lipinski definition) is 3. The molecule has 0 aliphatic carbocycles. The molecule has 1 nitrogen and oxygen atoms in total. The minimum absolute atomic E-state index is 0.761. The molecular formula is C9H19NS2. The van der Waals surface area contributed by atoms with Crippen LogP contribution in [0.15, 0.2) is 0 Å². The summed E-state index contributed by atoms with van der Waals surface area (Å²) in [6.07, 6.45) is 4.96. The molecule has 0 radical (unpaired) electrons. The van der Waals surface area contributed by atoms with E-state index >= 15 is 0 Å². The summed E-state index contributed by atoms with van der Waals surface area (Å²) in [7, 11) is 0. The molecule has 1 saturated heterocycles. The van der Waals surface area contributed by atoms with Gasteiger partial charge in [-0.3, -0.25) is 0 Å². The Labute approximate surface area is 84.4 Å². The Kier molecular flexibility index (Phi) is 5.52. The number of nitrogens with one attached hydrogen (secondary N) is 1. The molecule has 1 rings (SSSR count). The maximum atomic E-state index is 3.63. The van der Waals surface area contributed by atoms with E-state index in [2.05, 4.69) is 30.3 Å². The number of thioether (sulfide) groups is 2. The first-order valence-electron chi connectivity index (χ1n) is 4.67. The van der Waals surface area contributed by atoms with E-state index in [4.69, 9.17) is 0 Å². The summed E-state index contributed by atoms with van der Waals surface area (Å²) < 4.78 is 0. The van der Waals surface area contributed by atoms with Crippen LogP contribution in [0.1, 0.15) is 19.8 Å². The van der Waals surface area contributed by atoms with Crippen molar-refractivity contribution in [3.8, 4) is 0 Å². The van der Waals surface area contributed by atoms with Crippen molar-refractivity contribution in [3.63, 3.8) is 0 Å². The van der Waals surface area contributed by atoms with E-state index in [9.17, 15) is 0 Å². The van der Waals surface area contributed by atoms with Crippen LogP contribution < -0.4 is 5.32 Å². The van der Waals surface area contributed by atoms with E-state index < -0.39 is 0 Å². The molecule has 0 saturated carbocycles. The van der Waals surface area contributed by atoms with Crippen LogP contribution >= 0.6 is 23.5 Å². The number of rotatable bonds is 4. The molecule has 2 unspecified atom stereocenters. The zero-order chi connectivity index (χ0) is 8.81. The molecule has 0 bridgehead atoms. The van der Waals surface area contributed by atoms with Crippen LogP contribution in [0, 0.1) is 0 Å². The van der Waals surface area contributed by atoms with Gasteiger partial charge in [-0.05, 0) is 24.9 Å². The topological polar surface area (TPSA) is 12.0 Å². The van der Waals surface area contributed by atoms with Gasteiger partial charge in [-0.1, -0.05) is 6.92 Å². The largest absolute Gasteiger partial charge is 0.312 e. The van der Waals surface area contributed by atoms with Crippen molar-refractivity contribution in [1.82, 2.24) is 5.32 Å². The maximum absolute atomic E-state index is 3.63. The fourth-order valence-corrected chi connectivity index (χ4v) is 2.69. The molecule has 0 aromatic carbocycles. The second-order valence-corrected chi connectivity index (χ2v) is 5.79. The summed E-state index contributed by atoms with van der Waals surface area (Å²) in [5, 5.41) is 4.39. The Bertz CT molecular complexity index is 113. The normalized spacial score (nSPS) is 27.0. The molecular weight excluding hydrogens is 186 g/mol. The molecule has 3 heteroatoms. The second kappa shape index (κ2) is 6.17. The van der Waals surface area contributed by atoms with Crippen LogP contribution in [-0.2, 0) is 0 Å². The third-order valence-corrected chi connectivity index (χ3v) is 4.44. The molecule has 1 aliphatic rings. The van der Waals surface area contributed by atoms with Crippen molar-refractivity contribution < 1.29 is 0 Å². The fraction of sp³-hybridized carbons (Fsp3) is 1.00. The first-order chi connectivity index (χ1) is 5.83. The summed E-state index contributed by atoms with van der Waals surface area (Å²) in [4.78, 5) is 0. The number of hydrogen-bond donors (Lipinski definition) is 1. The summed E-state index contributed by atoms with van der Waals surface area (Å²) >= 11 is 4.04. The first-order valence-corrected chi connectivity index (χ1v) is 7.11. The molecule has 72 valence electrons. The van der Waals surface area contributed by atoms with Gasteiger partial charge in [0.05, 0.1) is 0 Å². The van der Waals surface area contributed by atoms with Crippen molar-refractivity contribution in [2.24, 2.45) is 0 Å². The summed E-state index contributed by atoms with van der Waals surface area (Å²) in [6, 6.07) is 0.790. The third kappa shape index (κ3) is 4.06. The average molecular weight is 205 g/mol. The van der Waals surface area contributed by atoms with Crippen LogP contribution in [0.5, 0.6) is 0 Å². The zero-order valence-corrected chi connectivity index (χ0v) is 9.64. The molecule has 2 atom stereocenters. The Morgan fingerprint density at radius 2 is 2.50 bits per heavy atom. The Morgan fingerprint density at radius 3 is 3.08 bits per heavy atom. The molecule has 1 aliphatic heterocycles. The van der Waals surface area contributed by atoms with Gasteiger partial charge in [0.1, 0.15) is 0 Å². The van der Waals surface area contributed by atoms with Gasteiger partial charge in [0, 0.05) is 23.6 Å². The quantitative estimate of drug-likeness (QED) is 0.756. The van der Waals surface area contributed by atoms with Crippen molar-refractivity contribution in [2.75, 3.05) is 24.3 Å². The van der Waals surface area contributed by atoms with Crippen LogP contribution in [0.25, 0.3) is 0 Å². The van der Waals surface area contributed by atoms with Gasteiger partial charge in [0.15, 0.2) is 0 Å². The van der Waals surface area contributed by atoms with Gasteiger partial charge in [-0.25, -0.2) is 0 Å². The summed E-state index contributed by atoms with van der Waals surface area (Å²) in [6.45, 7) is 3.46. The molecule has 0 aromatic heterocycles. The standard InChI is InChI=1S/C9H19NS2/c1-8(11-2)6-10-9-4-3-5-12-7-9/h8-10H,3-7H2,1-2H3. The zero-order valence-electron chi connectivity index (χ0n) is 8.01. The van der Waals surface area contributed by atoms with Crippen LogP contribution in [-0.4, -0.2) is 35.6 Å². The van der Waals surface area contributed by atoms with Crippen molar-refractivity contribution >= 4 is 23.5 Å². The smallest absolute Gasteiger partial charge is 0.0158 e. The first kappa shape index (κ1) is 10.7. The van der Waals surface area contributed by atoms with Crippen molar-refractivity contribution in [2.45, 2.75) is 31.1 Å². The fourth-order valence-electron chi connectivity index (χ4n) is 1.32.